The monoisotopic (exact) mass is 306 g/mol. The SMILES string of the molecule is C/C1=C\[C@H](O)C/C(C)=C/C[C@@]2(C)CC[C@@](O)(C(C)C)[C@@H]2CC1. The molecule has 0 heterocycles. The van der Waals surface area contributed by atoms with Crippen LogP contribution in [0.15, 0.2) is 23.3 Å². The van der Waals surface area contributed by atoms with Gasteiger partial charge in [-0.25, -0.2) is 0 Å². The molecule has 2 heteroatoms. The fraction of sp³-hybridized carbons (Fsp3) is 0.800. The molecule has 126 valence electrons. The Hall–Kier alpha value is -0.600. The summed E-state index contributed by atoms with van der Waals surface area (Å²) in [5.41, 5.74) is 2.15. The highest BCUT2D eigenvalue weighted by Crippen LogP contribution is 2.56. The number of hydrogen-bond donors (Lipinski definition) is 2. The molecule has 2 nitrogen and oxygen atoms in total. The molecule has 0 saturated heterocycles. The predicted molar refractivity (Wildman–Crippen MR) is 92.6 cm³/mol. The third-order valence-corrected chi connectivity index (χ3v) is 6.29. The topological polar surface area (TPSA) is 40.5 Å². The van der Waals surface area contributed by atoms with Crippen molar-refractivity contribution in [3.8, 4) is 0 Å². The molecule has 4 atom stereocenters. The van der Waals surface area contributed by atoms with Crippen LogP contribution in [0.4, 0.5) is 0 Å². The van der Waals surface area contributed by atoms with Crippen molar-refractivity contribution < 1.29 is 10.2 Å². The molecule has 0 amide bonds. The Kier molecular flexibility index (Phi) is 5.23. The Morgan fingerprint density at radius 3 is 2.50 bits per heavy atom. The zero-order valence-electron chi connectivity index (χ0n) is 15.0. The first-order valence-corrected chi connectivity index (χ1v) is 8.91. The Morgan fingerprint density at radius 2 is 1.86 bits per heavy atom. The zero-order chi connectivity index (χ0) is 16.5. The Morgan fingerprint density at radius 1 is 1.18 bits per heavy atom. The lowest BCUT2D eigenvalue weighted by molar-refractivity contribution is -0.0641. The largest absolute Gasteiger partial charge is 0.389 e. The van der Waals surface area contributed by atoms with E-state index in [1.807, 2.05) is 6.08 Å². The first-order valence-electron chi connectivity index (χ1n) is 8.91. The molecule has 2 aliphatic carbocycles. The van der Waals surface area contributed by atoms with Gasteiger partial charge in [0.2, 0.25) is 0 Å². The van der Waals surface area contributed by atoms with Crippen LogP contribution in [-0.4, -0.2) is 21.9 Å². The molecular formula is C20H34O2. The molecule has 2 N–H and O–H groups in total. The fourth-order valence-corrected chi connectivity index (χ4v) is 4.63. The van der Waals surface area contributed by atoms with Gasteiger partial charge in [0.05, 0.1) is 11.7 Å². The van der Waals surface area contributed by atoms with E-state index in [9.17, 15) is 10.2 Å². The maximum Gasteiger partial charge on any atom is 0.0760 e. The first-order chi connectivity index (χ1) is 10.2. The number of allylic oxidation sites excluding steroid dienone is 2. The molecule has 0 aromatic rings. The van der Waals surface area contributed by atoms with Crippen molar-refractivity contribution in [1.82, 2.24) is 0 Å². The minimum absolute atomic E-state index is 0.176. The predicted octanol–water partition coefficient (Wildman–Crippen LogP) is 4.62. The summed E-state index contributed by atoms with van der Waals surface area (Å²) >= 11 is 0. The van der Waals surface area contributed by atoms with Gasteiger partial charge in [-0.3, -0.25) is 0 Å². The van der Waals surface area contributed by atoms with Crippen LogP contribution in [-0.2, 0) is 0 Å². The van der Waals surface area contributed by atoms with Gasteiger partial charge >= 0.3 is 0 Å². The number of rotatable bonds is 1. The minimum Gasteiger partial charge on any atom is -0.389 e. The molecule has 0 aliphatic heterocycles. The lowest BCUT2D eigenvalue weighted by Crippen LogP contribution is -2.43. The maximum absolute atomic E-state index is 11.3. The maximum atomic E-state index is 11.3. The van der Waals surface area contributed by atoms with E-state index in [1.165, 1.54) is 11.1 Å². The molecule has 0 bridgehead atoms. The second-order valence-corrected chi connectivity index (χ2v) is 8.43. The Bertz CT molecular complexity index is 462. The molecule has 0 spiro atoms. The standard InChI is InChI=1S/C20H34O2/c1-14(2)20(22)11-10-19(5)9-8-16(4)13-17(21)12-15(3)6-7-18(19)20/h8,12,14,17-18,21-22H,6-7,9-11,13H2,1-5H3/b15-12+,16-8+/t17-,18+,19-,20+/m0/s1. The van der Waals surface area contributed by atoms with E-state index in [2.05, 4.69) is 40.7 Å². The summed E-state index contributed by atoms with van der Waals surface area (Å²) in [6, 6.07) is 0. The summed E-state index contributed by atoms with van der Waals surface area (Å²) in [4.78, 5) is 0. The van der Waals surface area contributed by atoms with Crippen molar-refractivity contribution in [2.24, 2.45) is 17.3 Å². The van der Waals surface area contributed by atoms with E-state index in [0.29, 0.717) is 11.8 Å². The highest BCUT2D eigenvalue weighted by Gasteiger charge is 2.54. The summed E-state index contributed by atoms with van der Waals surface area (Å²) in [7, 11) is 0. The zero-order valence-corrected chi connectivity index (χ0v) is 15.0. The quantitative estimate of drug-likeness (QED) is 0.694. The second-order valence-electron chi connectivity index (χ2n) is 8.43. The summed E-state index contributed by atoms with van der Waals surface area (Å²) in [5.74, 6) is 0.632. The van der Waals surface area contributed by atoms with E-state index in [4.69, 9.17) is 0 Å². The molecule has 22 heavy (non-hydrogen) atoms. The lowest BCUT2D eigenvalue weighted by atomic mass is 9.67. The van der Waals surface area contributed by atoms with Crippen molar-refractivity contribution in [2.45, 2.75) is 84.8 Å². The summed E-state index contributed by atoms with van der Waals surface area (Å²) < 4.78 is 0. The molecular weight excluding hydrogens is 272 g/mol. The van der Waals surface area contributed by atoms with Crippen molar-refractivity contribution in [1.29, 1.82) is 0 Å². The number of hydrogen-bond acceptors (Lipinski definition) is 2. The summed E-state index contributed by atoms with van der Waals surface area (Å²) in [5, 5.41) is 21.4. The number of fused-ring (bicyclic) bond motifs is 1. The van der Waals surface area contributed by atoms with Gasteiger partial charge in [-0.15, -0.1) is 0 Å². The summed E-state index contributed by atoms with van der Waals surface area (Å²) in [6.45, 7) is 10.9. The third-order valence-electron chi connectivity index (χ3n) is 6.29. The molecule has 2 aliphatic rings. The van der Waals surface area contributed by atoms with E-state index >= 15 is 0 Å². The van der Waals surface area contributed by atoms with Crippen LogP contribution in [0.1, 0.15) is 73.1 Å². The van der Waals surface area contributed by atoms with Crippen molar-refractivity contribution in [3.05, 3.63) is 23.3 Å². The van der Waals surface area contributed by atoms with Crippen LogP contribution >= 0.6 is 0 Å². The average molecular weight is 306 g/mol. The van der Waals surface area contributed by atoms with Gasteiger partial charge in [-0.05, 0) is 69.6 Å². The van der Waals surface area contributed by atoms with Gasteiger partial charge < -0.3 is 10.2 Å². The van der Waals surface area contributed by atoms with Crippen LogP contribution in [0.3, 0.4) is 0 Å². The fourth-order valence-electron chi connectivity index (χ4n) is 4.63. The molecule has 2 rings (SSSR count). The first kappa shape index (κ1) is 17.7. The van der Waals surface area contributed by atoms with E-state index in [0.717, 1.165) is 38.5 Å². The average Bonchev–Trinajstić information content (AvgIpc) is 2.67. The Labute approximate surface area is 136 Å². The molecule has 0 unspecified atom stereocenters. The van der Waals surface area contributed by atoms with Crippen LogP contribution < -0.4 is 0 Å². The van der Waals surface area contributed by atoms with Crippen molar-refractivity contribution in [2.75, 3.05) is 0 Å². The van der Waals surface area contributed by atoms with Gasteiger partial charge in [0.25, 0.3) is 0 Å². The minimum atomic E-state index is -0.538. The lowest BCUT2D eigenvalue weighted by Gasteiger charge is -2.41. The van der Waals surface area contributed by atoms with Crippen LogP contribution in [0.2, 0.25) is 0 Å². The van der Waals surface area contributed by atoms with Crippen molar-refractivity contribution in [3.63, 3.8) is 0 Å². The van der Waals surface area contributed by atoms with Crippen LogP contribution in [0.25, 0.3) is 0 Å². The van der Waals surface area contributed by atoms with Crippen LogP contribution in [0, 0.1) is 17.3 Å². The van der Waals surface area contributed by atoms with E-state index in [-0.39, 0.29) is 11.5 Å². The van der Waals surface area contributed by atoms with Gasteiger partial charge in [0.15, 0.2) is 0 Å². The second kappa shape index (κ2) is 6.49. The normalized spacial score (nSPS) is 45.5. The van der Waals surface area contributed by atoms with Gasteiger partial charge in [0.1, 0.15) is 0 Å². The molecule has 0 aromatic carbocycles. The molecule has 1 saturated carbocycles. The molecule has 0 aromatic heterocycles. The van der Waals surface area contributed by atoms with Crippen LogP contribution in [0.5, 0.6) is 0 Å². The summed E-state index contributed by atoms with van der Waals surface area (Å²) in [6.07, 6.45) is 9.70. The van der Waals surface area contributed by atoms with E-state index in [1.54, 1.807) is 0 Å². The smallest absolute Gasteiger partial charge is 0.0760 e. The highest BCUT2D eigenvalue weighted by atomic mass is 16.3. The molecule has 0 radical (unpaired) electrons. The third kappa shape index (κ3) is 3.49. The molecule has 1 fully saturated rings. The van der Waals surface area contributed by atoms with Gasteiger partial charge in [-0.2, -0.15) is 0 Å². The number of aliphatic hydroxyl groups excluding tert-OH is 1. The Balaban J connectivity index is 2.35. The number of aliphatic hydroxyl groups is 2. The van der Waals surface area contributed by atoms with E-state index < -0.39 is 5.60 Å². The van der Waals surface area contributed by atoms with Gasteiger partial charge in [-0.1, -0.05) is 44.1 Å². The van der Waals surface area contributed by atoms with Gasteiger partial charge in [0, 0.05) is 0 Å². The highest BCUT2D eigenvalue weighted by molar-refractivity contribution is 5.14. The van der Waals surface area contributed by atoms with Crippen molar-refractivity contribution >= 4 is 0 Å².